The highest BCUT2D eigenvalue weighted by atomic mass is 35.5. The molecule has 2 aromatic carbocycles. The lowest BCUT2D eigenvalue weighted by Gasteiger charge is -2.09. The topological polar surface area (TPSA) is 83.6 Å². The molecule has 142 valence electrons. The van der Waals surface area contributed by atoms with Crippen LogP contribution in [-0.2, 0) is 11.3 Å². The fourth-order valence-electron chi connectivity index (χ4n) is 2.71. The van der Waals surface area contributed by atoms with Gasteiger partial charge in [-0.2, -0.15) is 5.26 Å². The summed E-state index contributed by atoms with van der Waals surface area (Å²) >= 11 is 7.25. The number of halogens is 1. The number of benzene rings is 2. The first-order chi connectivity index (χ1) is 13.5. The summed E-state index contributed by atoms with van der Waals surface area (Å²) in [5.74, 6) is 0.672. The van der Waals surface area contributed by atoms with E-state index in [4.69, 9.17) is 16.9 Å². The van der Waals surface area contributed by atoms with Gasteiger partial charge >= 0.3 is 0 Å². The van der Waals surface area contributed by atoms with Crippen LogP contribution in [0, 0.1) is 18.3 Å². The molecule has 0 radical (unpaired) electrons. The highest BCUT2D eigenvalue weighted by Gasteiger charge is 2.15. The van der Waals surface area contributed by atoms with E-state index in [2.05, 4.69) is 21.6 Å². The molecule has 1 N–H and O–H groups in total. The van der Waals surface area contributed by atoms with Gasteiger partial charge in [-0.3, -0.25) is 4.79 Å². The molecule has 0 saturated heterocycles. The summed E-state index contributed by atoms with van der Waals surface area (Å²) in [7, 11) is 0. The number of nitriles is 1. The molecular weight excluding hydrogens is 394 g/mol. The minimum absolute atomic E-state index is 0.142. The van der Waals surface area contributed by atoms with Crippen LogP contribution in [0.15, 0.2) is 47.6 Å². The molecule has 8 heteroatoms. The van der Waals surface area contributed by atoms with Gasteiger partial charge in [0.15, 0.2) is 11.0 Å². The van der Waals surface area contributed by atoms with Gasteiger partial charge in [0.25, 0.3) is 0 Å². The van der Waals surface area contributed by atoms with Gasteiger partial charge in [0.2, 0.25) is 5.91 Å². The van der Waals surface area contributed by atoms with Crippen molar-refractivity contribution < 1.29 is 4.79 Å². The Morgan fingerprint density at radius 3 is 2.82 bits per heavy atom. The number of hydrogen-bond donors (Lipinski definition) is 1. The Bertz CT molecular complexity index is 1060. The van der Waals surface area contributed by atoms with E-state index in [9.17, 15) is 4.79 Å². The maximum absolute atomic E-state index is 12.3. The summed E-state index contributed by atoms with van der Waals surface area (Å²) in [6.07, 6.45) is 0. The second kappa shape index (κ2) is 8.91. The smallest absolute Gasteiger partial charge is 0.234 e. The molecule has 0 aliphatic rings. The first kappa shape index (κ1) is 19.9. The van der Waals surface area contributed by atoms with Crippen LogP contribution in [0.4, 0.5) is 5.69 Å². The van der Waals surface area contributed by atoms with Crippen molar-refractivity contribution in [3.63, 3.8) is 0 Å². The van der Waals surface area contributed by atoms with E-state index in [1.807, 2.05) is 42.7 Å². The number of anilines is 1. The van der Waals surface area contributed by atoms with Gasteiger partial charge in [0.05, 0.1) is 17.0 Å². The number of amides is 1. The van der Waals surface area contributed by atoms with Gasteiger partial charge in [-0.15, -0.1) is 10.2 Å². The van der Waals surface area contributed by atoms with Crippen LogP contribution < -0.4 is 5.32 Å². The molecule has 0 saturated carbocycles. The average molecular weight is 412 g/mol. The molecular formula is C20H18ClN5OS. The molecule has 6 nitrogen and oxygen atoms in total. The Morgan fingerprint density at radius 1 is 1.29 bits per heavy atom. The molecule has 0 spiro atoms. The number of aromatic nitrogens is 3. The van der Waals surface area contributed by atoms with Crippen molar-refractivity contribution in [2.24, 2.45) is 0 Å². The van der Waals surface area contributed by atoms with E-state index in [1.165, 1.54) is 11.8 Å². The van der Waals surface area contributed by atoms with E-state index in [1.54, 1.807) is 18.2 Å². The van der Waals surface area contributed by atoms with E-state index in [-0.39, 0.29) is 11.7 Å². The van der Waals surface area contributed by atoms with Crippen LogP contribution in [0.5, 0.6) is 0 Å². The van der Waals surface area contributed by atoms with Crippen molar-refractivity contribution in [3.8, 4) is 17.5 Å². The zero-order valence-corrected chi connectivity index (χ0v) is 17.0. The third kappa shape index (κ3) is 4.53. The highest BCUT2D eigenvalue weighted by Crippen LogP contribution is 2.25. The number of nitrogens with zero attached hydrogens (tertiary/aromatic N) is 4. The summed E-state index contributed by atoms with van der Waals surface area (Å²) in [6, 6.07) is 14.9. The zero-order valence-electron chi connectivity index (χ0n) is 15.4. The van der Waals surface area contributed by atoms with Crippen LogP contribution in [0.1, 0.15) is 18.1 Å². The van der Waals surface area contributed by atoms with E-state index >= 15 is 0 Å². The number of rotatable bonds is 6. The number of carbonyl (C=O) groups is 1. The largest absolute Gasteiger partial charge is 0.324 e. The fourth-order valence-corrected chi connectivity index (χ4v) is 3.69. The van der Waals surface area contributed by atoms with Crippen LogP contribution in [0.25, 0.3) is 11.4 Å². The monoisotopic (exact) mass is 411 g/mol. The van der Waals surface area contributed by atoms with E-state index in [0.29, 0.717) is 28.0 Å². The van der Waals surface area contributed by atoms with Crippen LogP contribution in [0.3, 0.4) is 0 Å². The number of thioether (sulfide) groups is 1. The molecule has 0 aliphatic carbocycles. The first-order valence-electron chi connectivity index (χ1n) is 8.64. The summed E-state index contributed by atoms with van der Waals surface area (Å²) in [5, 5.41) is 21.6. The maximum Gasteiger partial charge on any atom is 0.234 e. The maximum atomic E-state index is 12.3. The number of hydrogen-bond acceptors (Lipinski definition) is 5. The molecule has 0 aliphatic heterocycles. The second-order valence-electron chi connectivity index (χ2n) is 6.06. The van der Waals surface area contributed by atoms with E-state index < -0.39 is 0 Å². The zero-order chi connectivity index (χ0) is 20.1. The Hall–Kier alpha value is -2.82. The minimum atomic E-state index is -0.244. The predicted molar refractivity (Wildman–Crippen MR) is 111 cm³/mol. The lowest BCUT2D eigenvalue weighted by atomic mass is 10.1. The standard InChI is InChI=1S/C20H18ClN5OS/c1-3-26-19(14-6-4-5-13(2)9-14)24-25-20(26)28-12-18(27)23-17-10-16(21)8-7-15(17)11-22/h4-10H,3,12H2,1-2H3,(H,23,27). The molecule has 0 unspecified atom stereocenters. The second-order valence-corrected chi connectivity index (χ2v) is 7.44. The SMILES string of the molecule is CCn1c(SCC(=O)Nc2cc(Cl)ccc2C#N)nnc1-c1cccc(C)c1. The molecule has 0 fully saturated rings. The van der Waals surface area contributed by atoms with Crippen molar-refractivity contribution in [1.29, 1.82) is 5.26 Å². The molecule has 3 aromatic rings. The van der Waals surface area contributed by atoms with Gasteiger partial charge in [-0.25, -0.2) is 0 Å². The average Bonchev–Trinajstić information content (AvgIpc) is 3.09. The fraction of sp³-hybridized carbons (Fsp3) is 0.200. The quantitative estimate of drug-likeness (QED) is 0.602. The van der Waals surface area contributed by atoms with Crippen molar-refractivity contribution in [2.45, 2.75) is 25.5 Å². The normalized spacial score (nSPS) is 10.5. The summed E-state index contributed by atoms with van der Waals surface area (Å²) in [5.41, 5.74) is 2.90. The molecule has 1 aromatic heterocycles. The van der Waals surface area contributed by atoms with Gasteiger partial charge in [0, 0.05) is 17.1 Å². The van der Waals surface area contributed by atoms with Crippen molar-refractivity contribution in [2.75, 3.05) is 11.1 Å². The van der Waals surface area contributed by atoms with Gasteiger partial charge in [-0.1, -0.05) is 47.1 Å². The van der Waals surface area contributed by atoms with Crippen LogP contribution >= 0.6 is 23.4 Å². The Balaban J connectivity index is 1.72. The summed E-state index contributed by atoms with van der Waals surface area (Å²) in [6.45, 7) is 4.73. The third-order valence-electron chi connectivity index (χ3n) is 4.02. The number of carbonyl (C=O) groups excluding carboxylic acids is 1. The van der Waals surface area contributed by atoms with Crippen molar-refractivity contribution in [3.05, 3.63) is 58.6 Å². The molecule has 1 heterocycles. The predicted octanol–water partition coefficient (Wildman–Crippen LogP) is 4.53. The Morgan fingerprint density at radius 2 is 2.11 bits per heavy atom. The summed E-state index contributed by atoms with van der Waals surface area (Å²) in [4.78, 5) is 12.3. The van der Waals surface area contributed by atoms with Crippen LogP contribution in [0.2, 0.25) is 5.02 Å². The lowest BCUT2D eigenvalue weighted by molar-refractivity contribution is -0.113. The van der Waals surface area contributed by atoms with Crippen molar-refractivity contribution in [1.82, 2.24) is 14.8 Å². The highest BCUT2D eigenvalue weighted by molar-refractivity contribution is 7.99. The third-order valence-corrected chi connectivity index (χ3v) is 5.22. The number of aryl methyl sites for hydroxylation is 1. The molecule has 0 atom stereocenters. The van der Waals surface area contributed by atoms with Gasteiger partial charge in [-0.05, 0) is 38.1 Å². The molecule has 0 bridgehead atoms. The van der Waals surface area contributed by atoms with Crippen molar-refractivity contribution >= 4 is 35.0 Å². The van der Waals surface area contributed by atoms with Gasteiger partial charge in [0.1, 0.15) is 6.07 Å². The Labute approximate surface area is 172 Å². The molecule has 28 heavy (non-hydrogen) atoms. The Kier molecular flexibility index (Phi) is 6.34. The van der Waals surface area contributed by atoms with Gasteiger partial charge < -0.3 is 9.88 Å². The number of nitrogens with one attached hydrogen (secondary N) is 1. The minimum Gasteiger partial charge on any atom is -0.324 e. The lowest BCUT2D eigenvalue weighted by Crippen LogP contribution is -2.15. The first-order valence-corrected chi connectivity index (χ1v) is 10.0. The summed E-state index contributed by atoms with van der Waals surface area (Å²) < 4.78 is 1.98. The van der Waals surface area contributed by atoms with E-state index in [0.717, 1.165) is 17.0 Å². The molecule has 3 rings (SSSR count). The van der Waals surface area contributed by atoms with Crippen LogP contribution in [-0.4, -0.2) is 26.4 Å². The molecule has 1 amide bonds.